The average Bonchev–Trinajstić information content (AvgIpc) is 3.25. The van der Waals surface area contributed by atoms with Crippen LogP contribution >= 0.6 is 11.6 Å². The molecule has 0 bridgehead atoms. The van der Waals surface area contributed by atoms with Crippen molar-refractivity contribution in [1.82, 2.24) is 15.1 Å². The summed E-state index contributed by atoms with van der Waals surface area (Å²) < 4.78 is 11.4. The van der Waals surface area contributed by atoms with E-state index in [4.69, 9.17) is 21.1 Å². The molecule has 8 heteroatoms. The van der Waals surface area contributed by atoms with Crippen LogP contribution in [-0.4, -0.2) is 80.3 Å². The minimum Gasteiger partial charge on any atom is -0.487 e. The van der Waals surface area contributed by atoms with Gasteiger partial charge in [0, 0.05) is 39.8 Å². The van der Waals surface area contributed by atoms with Crippen LogP contribution in [0.15, 0.2) is 29.3 Å². The third-order valence-corrected chi connectivity index (χ3v) is 5.33. The lowest BCUT2D eigenvalue weighted by molar-refractivity contribution is -0.142. The molecule has 2 heterocycles. The maximum Gasteiger partial charge on any atom is 0.251 e. The lowest BCUT2D eigenvalue weighted by Gasteiger charge is -2.37. The number of rotatable bonds is 5. The molecular formula is C20H29ClN4O3. The monoisotopic (exact) mass is 408 g/mol. The van der Waals surface area contributed by atoms with Crippen LogP contribution in [0.3, 0.4) is 0 Å². The minimum atomic E-state index is -0.244. The van der Waals surface area contributed by atoms with Crippen molar-refractivity contribution < 1.29 is 14.3 Å². The second-order valence-electron chi connectivity index (χ2n) is 7.10. The molecule has 2 aliphatic rings. The number of hydrogen-bond acceptors (Lipinski definition) is 4. The van der Waals surface area contributed by atoms with Crippen LogP contribution in [0.1, 0.15) is 19.8 Å². The summed E-state index contributed by atoms with van der Waals surface area (Å²) in [5, 5.41) is 3.96. The number of halogens is 1. The predicted molar refractivity (Wildman–Crippen MR) is 110 cm³/mol. The second kappa shape index (κ2) is 9.98. The molecule has 1 amide bonds. The van der Waals surface area contributed by atoms with Crippen LogP contribution in [0.2, 0.25) is 5.02 Å². The minimum absolute atomic E-state index is 0.0703. The standard InChI is InChI=1S/C20H29ClN4O3/c1-15(28-17-7-4-3-6-16(17)21)14-23-20(22-2)25-11-9-24(10-12-25)19(26)18-8-5-13-27-18/h3-4,6-7,15,18H,5,8-14H2,1-2H3,(H,22,23). The third-order valence-electron chi connectivity index (χ3n) is 5.02. The molecule has 0 saturated carbocycles. The number of carbonyl (C=O) groups is 1. The Bertz CT molecular complexity index is 686. The van der Waals surface area contributed by atoms with Gasteiger partial charge in [-0.3, -0.25) is 9.79 Å². The van der Waals surface area contributed by atoms with Crippen molar-refractivity contribution in [3.8, 4) is 5.75 Å². The molecule has 0 radical (unpaired) electrons. The molecule has 1 aromatic carbocycles. The van der Waals surface area contributed by atoms with E-state index in [0.29, 0.717) is 37.0 Å². The number of carbonyl (C=O) groups excluding carboxylic acids is 1. The van der Waals surface area contributed by atoms with Crippen molar-refractivity contribution in [2.24, 2.45) is 4.99 Å². The smallest absolute Gasteiger partial charge is 0.251 e. The number of ether oxygens (including phenoxy) is 2. The average molecular weight is 409 g/mol. The number of hydrogen-bond donors (Lipinski definition) is 1. The van der Waals surface area contributed by atoms with E-state index >= 15 is 0 Å². The fourth-order valence-electron chi connectivity index (χ4n) is 3.48. The first-order valence-corrected chi connectivity index (χ1v) is 10.2. The van der Waals surface area contributed by atoms with E-state index in [9.17, 15) is 4.79 Å². The summed E-state index contributed by atoms with van der Waals surface area (Å²) >= 11 is 6.15. The quantitative estimate of drug-likeness (QED) is 0.596. The summed E-state index contributed by atoms with van der Waals surface area (Å²) in [7, 11) is 1.77. The van der Waals surface area contributed by atoms with Crippen LogP contribution in [0.5, 0.6) is 5.75 Å². The second-order valence-corrected chi connectivity index (χ2v) is 7.51. The highest BCUT2D eigenvalue weighted by Crippen LogP contribution is 2.24. The molecule has 28 heavy (non-hydrogen) atoms. The van der Waals surface area contributed by atoms with Gasteiger partial charge >= 0.3 is 0 Å². The highest BCUT2D eigenvalue weighted by atomic mass is 35.5. The number of guanidine groups is 1. The normalized spacial score (nSPS) is 21.5. The van der Waals surface area contributed by atoms with Crippen LogP contribution in [0.25, 0.3) is 0 Å². The van der Waals surface area contributed by atoms with Gasteiger partial charge in [-0.2, -0.15) is 0 Å². The zero-order valence-corrected chi connectivity index (χ0v) is 17.3. The van der Waals surface area contributed by atoms with Crippen molar-refractivity contribution >= 4 is 23.5 Å². The fourth-order valence-corrected chi connectivity index (χ4v) is 3.66. The van der Waals surface area contributed by atoms with E-state index in [-0.39, 0.29) is 18.1 Å². The molecule has 0 aromatic heterocycles. The van der Waals surface area contributed by atoms with Crippen LogP contribution in [0.4, 0.5) is 0 Å². The lowest BCUT2D eigenvalue weighted by atomic mass is 10.2. The molecule has 2 aliphatic heterocycles. The molecule has 0 aliphatic carbocycles. The Balaban J connectivity index is 1.44. The molecule has 1 N–H and O–H groups in total. The molecule has 2 saturated heterocycles. The summed E-state index contributed by atoms with van der Waals surface area (Å²) in [5.41, 5.74) is 0. The van der Waals surface area contributed by atoms with E-state index in [2.05, 4.69) is 15.2 Å². The highest BCUT2D eigenvalue weighted by molar-refractivity contribution is 6.32. The zero-order valence-electron chi connectivity index (χ0n) is 16.6. The lowest BCUT2D eigenvalue weighted by Crippen LogP contribution is -2.55. The summed E-state index contributed by atoms with van der Waals surface area (Å²) in [6.45, 7) is 6.15. The highest BCUT2D eigenvalue weighted by Gasteiger charge is 2.30. The van der Waals surface area contributed by atoms with Crippen LogP contribution in [0, 0.1) is 0 Å². The number of piperazine rings is 1. The van der Waals surface area contributed by atoms with Gasteiger partial charge < -0.3 is 24.6 Å². The first-order chi connectivity index (χ1) is 13.6. The van der Waals surface area contributed by atoms with Gasteiger partial charge in [0.05, 0.1) is 11.6 Å². The summed E-state index contributed by atoms with van der Waals surface area (Å²) in [5.74, 6) is 1.62. The van der Waals surface area contributed by atoms with Crippen LogP contribution in [-0.2, 0) is 9.53 Å². The Morgan fingerprint density at radius 2 is 2.04 bits per heavy atom. The van der Waals surface area contributed by atoms with Gasteiger partial charge in [-0.25, -0.2) is 0 Å². The Morgan fingerprint density at radius 1 is 1.32 bits per heavy atom. The number of aliphatic imine (C=N–C) groups is 1. The summed E-state index contributed by atoms with van der Waals surface area (Å²) in [6, 6.07) is 7.45. The van der Waals surface area contributed by atoms with Gasteiger partial charge in [0.15, 0.2) is 5.96 Å². The van der Waals surface area contributed by atoms with Crippen molar-refractivity contribution in [1.29, 1.82) is 0 Å². The Morgan fingerprint density at radius 3 is 2.68 bits per heavy atom. The molecule has 1 aromatic rings. The molecule has 154 valence electrons. The van der Waals surface area contributed by atoms with Crippen LogP contribution < -0.4 is 10.1 Å². The summed E-state index contributed by atoms with van der Waals surface area (Å²) in [6.07, 6.45) is 1.50. The van der Waals surface area contributed by atoms with E-state index in [0.717, 1.165) is 31.9 Å². The number of nitrogens with one attached hydrogen (secondary N) is 1. The molecule has 2 unspecified atom stereocenters. The number of amides is 1. The Labute approximate surface area is 171 Å². The predicted octanol–water partition coefficient (Wildman–Crippen LogP) is 2.01. The topological polar surface area (TPSA) is 66.4 Å². The van der Waals surface area contributed by atoms with Gasteiger partial charge in [-0.05, 0) is 31.9 Å². The van der Waals surface area contributed by atoms with Crippen molar-refractivity contribution in [2.45, 2.75) is 32.0 Å². The maximum atomic E-state index is 12.5. The Hall–Kier alpha value is -1.99. The maximum absolute atomic E-state index is 12.5. The Kier molecular flexibility index (Phi) is 7.39. The van der Waals surface area contributed by atoms with Gasteiger partial charge in [0.25, 0.3) is 5.91 Å². The van der Waals surface area contributed by atoms with Crippen molar-refractivity contribution in [2.75, 3.05) is 46.4 Å². The van der Waals surface area contributed by atoms with Crippen molar-refractivity contribution in [3.63, 3.8) is 0 Å². The first kappa shape index (κ1) is 20.7. The molecular weight excluding hydrogens is 380 g/mol. The third kappa shape index (κ3) is 5.29. The fraction of sp³-hybridized carbons (Fsp3) is 0.600. The van der Waals surface area contributed by atoms with E-state index in [1.54, 1.807) is 7.05 Å². The number of nitrogens with zero attached hydrogens (tertiary/aromatic N) is 3. The van der Waals surface area contributed by atoms with Gasteiger partial charge in [0.1, 0.15) is 18.0 Å². The first-order valence-electron chi connectivity index (χ1n) is 9.85. The van der Waals surface area contributed by atoms with Crippen molar-refractivity contribution in [3.05, 3.63) is 29.3 Å². The molecule has 2 atom stereocenters. The largest absolute Gasteiger partial charge is 0.487 e. The zero-order chi connectivity index (χ0) is 19.9. The number of benzene rings is 1. The molecule has 2 fully saturated rings. The summed E-state index contributed by atoms with van der Waals surface area (Å²) in [4.78, 5) is 20.9. The molecule has 3 rings (SSSR count). The van der Waals surface area contributed by atoms with E-state index < -0.39 is 0 Å². The van der Waals surface area contributed by atoms with Gasteiger partial charge in [-0.1, -0.05) is 23.7 Å². The van der Waals surface area contributed by atoms with Gasteiger partial charge in [-0.15, -0.1) is 0 Å². The molecule has 0 spiro atoms. The molecule has 7 nitrogen and oxygen atoms in total. The van der Waals surface area contributed by atoms with E-state index in [1.165, 1.54) is 0 Å². The van der Waals surface area contributed by atoms with Gasteiger partial charge in [0.2, 0.25) is 0 Å². The number of para-hydroxylation sites is 1. The SMILES string of the molecule is CN=C(NCC(C)Oc1ccccc1Cl)N1CCN(C(=O)C2CCCO2)CC1. The van der Waals surface area contributed by atoms with E-state index in [1.807, 2.05) is 36.1 Å².